The molecule has 2 fully saturated rings. The van der Waals surface area contributed by atoms with E-state index >= 15 is 0 Å². The van der Waals surface area contributed by atoms with Crippen LogP contribution in [0.5, 0.6) is 5.75 Å². The molecule has 1 aromatic carbocycles. The molecule has 4 rings (SSSR count). The topological polar surface area (TPSA) is 9.23 Å². The lowest BCUT2D eigenvalue weighted by atomic mass is 9.68. The van der Waals surface area contributed by atoms with Crippen LogP contribution in [0.3, 0.4) is 0 Å². The van der Waals surface area contributed by atoms with Crippen molar-refractivity contribution in [2.24, 2.45) is 11.8 Å². The van der Waals surface area contributed by atoms with Crippen LogP contribution in [0.1, 0.15) is 62.0 Å². The summed E-state index contributed by atoms with van der Waals surface area (Å²) in [4.78, 5) is 0. The number of aryl methyl sites for hydroxylation is 1. The molecule has 2 unspecified atom stereocenters. The molecule has 3 aliphatic carbocycles. The average molecular weight is 256 g/mol. The highest BCUT2D eigenvalue weighted by atomic mass is 16.5. The SMILES string of the molecule is c1cc2c(cc1OCC1CC1)C1CCCCC1CC2. The Kier molecular flexibility index (Phi) is 3.01. The molecule has 3 aliphatic rings. The number of rotatable bonds is 3. The van der Waals surface area contributed by atoms with Crippen LogP contribution in [0.15, 0.2) is 18.2 Å². The molecule has 2 saturated carbocycles. The van der Waals surface area contributed by atoms with Gasteiger partial charge < -0.3 is 4.74 Å². The molecule has 1 heteroatoms. The van der Waals surface area contributed by atoms with Gasteiger partial charge >= 0.3 is 0 Å². The van der Waals surface area contributed by atoms with Gasteiger partial charge in [0.05, 0.1) is 6.61 Å². The van der Waals surface area contributed by atoms with Crippen molar-refractivity contribution in [1.82, 2.24) is 0 Å². The van der Waals surface area contributed by atoms with Gasteiger partial charge in [-0.2, -0.15) is 0 Å². The number of benzene rings is 1. The Morgan fingerprint density at radius 1 is 1.00 bits per heavy atom. The minimum absolute atomic E-state index is 0.835. The van der Waals surface area contributed by atoms with Gasteiger partial charge in [0.15, 0.2) is 0 Å². The molecule has 0 aromatic heterocycles. The summed E-state index contributed by atoms with van der Waals surface area (Å²) in [7, 11) is 0. The lowest BCUT2D eigenvalue weighted by Gasteiger charge is -2.37. The predicted molar refractivity (Wildman–Crippen MR) is 77.7 cm³/mol. The van der Waals surface area contributed by atoms with Crippen molar-refractivity contribution in [1.29, 1.82) is 0 Å². The lowest BCUT2D eigenvalue weighted by molar-refractivity contribution is 0.271. The van der Waals surface area contributed by atoms with Crippen molar-refractivity contribution >= 4 is 0 Å². The molecule has 0 heterocycles. The zero-order valence-corrected chi connectivity index (χ0v) is 11.7. The van der Waals surface area contributed by atoms with Crippen molar-refractivity contribution in [3.05, 3.63) is 29.3 Å². The van der Waals surface area contributed by atoms with Gasteiger partial charge in [-0.25, -0.2) is 0 Å². The molecule has 1 nitrogen and oxygen atoms in total. The van der Waals surface area contributed by atoms with Crippen molar-refractivity contribution in [3.63, 3.8) is 0 Å². The molecule has 0 bridgehead atoms. The maximum atomic E-state index is 5.98. The van der Waals surface area contributed by atoms with Crippen LogP contribution in [-0.2, 0) is 6.42 Å². The van der Waals surface area contributed by atoms with Gasteiger partial charge in [-0.05, 0) is 79.5 Å². The molecule has 0 amide bonds. The Morgan fingerprint density at radius 3 is 2.79 bits per heavy atom. The van der Waals surface area contributed by atoms with Crippen LogP contribution in [0.25, 0.3) is 0 Å². The maximum Gasteiger partial charge on any atom is 0.119 e. The van der Waals surface area contributed by atoms with E-state index in [-0.39, 0.29) is 0 Å². The largest absolute Gasteiger partial charge is 0.493 e. The first kappa shape index (κ1) is 11.8. The molecule has 1 aromatic rings. The summed E-state index contributed by atoms with van der Waals surface area (Å²) in [6.07, 6.45) is 11.2. The fourth-order valence-corrected chi connectivity index (χ4v) is 4.04. The Balaban J connectivity index is 1.57. The van der Waals surface area contributed by atoms with Gasteiger partial charge in [-0.15, -0.1) is 0 Å². The van der Waals surface area contributed by atoms with Crippen molar-refractivity contribution in [2.45, 2.75) is 57.3 Å². The number of hydrogen-bond acceptors (Lipinski definition) is 1. The molecule has 19 heavy (non-hydrogen) atoms. The zero-order chi connectivity index (χ0) is 12.7. The van der Waals surface area contributed by atoms with E-state index in [9.17, 15) is 0 Å². The van der Waals surface area contributed by atoms with Crippen molar-refractivity contribution < 1.29 is 4.74 Å². The second-order valence-corrected chi connectivity index (χ2v) is 6.80. The van der Waals surface area contributed by atoms with Crippen LogP contribution in [0.4, 0.5) is 0 Å². The smallest absolute Gasteiger partial charge is 0.119 e. The summed E-state index contributed by atoms with van der Waals surface area (Å²) in [5.74, 6) is 3.76. The second kappa shape index (κ2) is 4.85. The summed E-state index contributed by atoms with van der Waals surface area (Å²) in [6, 6.07) is 6.91. The van der Waals surface area contributed by atoms with E-state index < -0.39 is 0 Å². The minimum Gasteiger partial charge on any atom is -0.493 e. The first-order chi connectivity index (χ1) is 9.40. The Hall–Kier alpha value is -0.980. The normalized spacial score (nSPS) is 29.5. The molecule has 102 valence electrons. The highest BCUT2D eigenvalue weighted by Crippen LogP contribution is 2.46. The molecule has 0 aliphatic heterocycles. The van der Waals surface area contributed by atoms with E-state index in [2.05, 4.69) is 18.2 Å². The second-order valence-electron chi connectivity index (χ2n) is 6.80. The Labute approximate surface area is 116 Å². The van der Waals surface area contributed by atoms with Crippen molar-refractivity contribution in [3.8, 4) is 5.75 Å². The van der Waals surface area contributed by atoms with Crippen LogP contribution in [-0.4, -0.2) is 6.61 Å². The molecule has 0 radical (unpaired) electrons. The van der Waals surface area contributed by atoms with Gasteiger partial charge in [-0.3, -0.25) is 0 Å². The summed E-state index contributed by atoms with van der Waals surface area (Å²) < 4.78 is 5.98. The molecule has 0 spiro atoms. The van der Waals surface area contributed by atoms with E-state index in [0.717, 1.165) is 30.1 Å². The maximum absolute atomic E-state index is 5.98. The summed E-state index contributed by atoms with van der Waals surface area (Å²) >= 11 is 0. The van der Waals surface area contributed by atoms with Gasteiger partial charge in [0, 0.05) is 0 Å². The fraction of sp³-hybridized carbons (Fsp3) is 0.667. The third kappa shape index (κ3) is 2.40. The fourth-order valence-electron chi connectivity index (χ4n) is 4.04. The third-order valence-corrected chi connectivity index (χ3v) is 5.39. The van der Waals surface area contributed by atoms with Crippen LogP contribution < -0.4 is 4.74 Å². The standard InChI is InChI=1S/C18H24O/c1-2-4-17-14(3-1)7-8-15-9-10-16(11-18(15)17)19-12-13-5-6-13/h9-11,13-14,17H,1-8,12H2. The highest BCUT2D eigenvalue weighted by molar-refractivity contribution is 5.40. The molecule has 0 N–H and O–H groups in total. The highest BCUT2D eigenvalue weighted by Gasteiger charge is 2.31. The third-order valence-electron chi connectivity index (χ3n) is 5.39. The van der Waals surface area contributed by atoms with E-state index in [0.29, 0.717) is 0 Å². The zero-order valence-electron chi connectivity index (χ0n) is 11.7. The molecular weight excluding hydrogens is 232 g/mol. The Morgan fingerprint density at radius 2 is 1.89 bits per heavy atom. The van der Waals surface area contributed by atoms with Crippen molar-refractivity contribution in [2.75, 3.05) is 6.61 Å². The average Bonchev–Trinajstić information content (AvgIpc) is 3.29. The van der Waals surface area contributed by atoms with Crippen LogP contribution in [0.2, 0.25) is 0 Å². The van der Waals surface area contributed by atoms with Gasteiger partial charge in [0.25, 0.3) is 0 Å². The number of fused-ring (bicyclic) bond motifs is 3. The number of hydrogen-bond donors (Lipinski definition) is 0. The van der Waals surface area contributed by atoms with Gasteiger partial charge in [0.2, 0.25) is 0 Å². The van der Waals surface area contributed by atoms with Crippen LogP contribution >= 0.6 is 0 Å². The van der Waals surface area contributed by atoms with E-state index in [1.165, 1.54) is 51.4 Å². The van der Waals surface area contributed by atoms with E-state index in [4.69, 9.17) is 4.74 Å². The first-order valence-corrected chi connectivity index (χ1v) is 8.16. The molecule has 2 atom stereocenters. The van der Waals surface area contributed by atoms with E-state index in [1.54, 1.807) is 11.1 Å². The molecular formula is C18H24O. The first-order valence-electron chi connectivity index (χ1n) is 8.16. The van der Waals surface area contributed by atoms with Crippen LogP contribution in [0, 0.1) is 11.8 Å². The summed E-state index contributed by atoms with van der Waals surface area (Å²) in [5, 5.41) is 0. The van der Waals surface area contributed by atoms with E-state index in [1.807, 2.05) is 0 Å². The lowest BCUT2D eigenvalue weighted by Crippen LogP contribution is -2.24. The predicted octanol–water partition coefficient (Wildman–Crippen LogP) is 4.70. The van der Waals surface area contributed by atoms with Gasteiger partial charge in [-0.1, -0.05) is 18.9 Å². The Bertz CT molecular complexity index is 461. The summed E-state index contributed by atoms with van der Waals surface area (Å²) in [6.45, 7) is 0.937. The summed E-state index contributed by atoms with van der Waals surface area (Å²) in [5.41, 5.74) is 3.23. The van der Waals surface area contributed by atoms with Gasteiger partial charge in [0.1, 0.15) is 5.75 Å². The molecule has 0 saturated heterocycles. The quantitative estimate of drug-likeness (QED) is 0.762. The number of ether oxygens (including phenoxy) is 1. The monoisotopic (exact) mass is 256 g/mol. The minimum atomic E-state index is 0.835.